The molecule has 0 unspecified atom stereocenters. The van der Waals surface area contributed by atoms with Gasteiger partial charge >= 0.3 is 5.97 Å². The van der Waals surface area contributed by atoms with Gasteiger partial charge in [0, 0.05) is 17.6 Å². The number of amides is 1. The van der Waals surface area contributed by atoms with Crippen molar-refractivity contribution < 1.29 is 14.7 Å². The molecule has 1 amide bonds. The Labute approximate surface area is 119 Å². The minimum Gasteiger partial charge on any atom is -0.480 e. The Bertz CT molecular complexity index is 646. The van der Waals surface area contributed by atoms with Crippen LogP contribution in [0.15, 0.2) is 5.38 Å². The number of thiazole rings is 1. The SMILES string of the molecule is Cc1nc2scc(C)n2c1CNCC(=O)NCC(=O)O. The maximum absolute atomic E-state index is 11.4. The number of aromatic nitrogens is 2. The van der Waals surface area contributed by atoms with Crippen LogP contribution < -0.4 is 10.6 Å². The molecule has 0 radical (unpaired) electrons. The Kier molecular flexibility index (Phi) is 4.35. The van der Waals surface area contributed by atoms with E-state index >= 15 is 0 Å². The number of imidazole rings is 1. The van der Waals surface area contributed by atoms with Crippen LogP contribution in [0.4, 0.5) is 0 Å². The van der Waals surface area contributed by atoms with E-state index in [1.165, 1.54) is 0 Å². The summed E-state index contributed by atoms with van der Waals surface area (Å²) in [6, 6.07) is 0. The molecule has 0 aliphatic rings. The van der Waals surface area contributed by atoms with E-state index in [0.717, 1.165) is 22.0 Å². The molecule has 0 atom stereocenters. The monoisotopic (exact) mass is 296 g/mol. The number of aliphatic carboxylic acids is 1. The molecule has 0 aliphatic carbocycles. The maximum Gasteiger partial charge on any atom is 0.322 e. The minimum atomic E-state index is -1.06. The van der Waals surface area contributed by atoms with Gasteiger partial charge in [0.05, 0.1) is 17.9 Å². The van der Waals surface area contributed by atoms with Crippen molar-refractivity contribution in [3.05, 3.63) is 22.5 Å². The standard InChI is InChI=1S/C12H16N4O3S/c1-7-6-20-12-15-8(2)9(16(7)12)3-13-4-10(17)14-5-11(18)19/h6,13H,3-5H2,1-2H3,(H,14,17)(H,18,19). The second-order valence-corrected chi connectivity index (χ2v) is 5.25. The van der Waals surface area contributed by atoms with E-state index in [0.29, 0.717) is 6.54 Å². The molecular formula is C12H16N4O3S. The first-order chi connectivity index (χ1) is 9.49. The van der Waals surface area contributed by atoms with Crippen molar-refractivity contribution in [1.82, 2.24) is 20.0 Å². The molecule has 0 aromatic carbocycles. The summed E-state index contributed by atoms with van der Waals surface area (Å²) in [5, 5.41) is 15.8. The molecule has 20 heavy (non-hydrogen) atoms. The Hall–Kier alpha value is -1.93. The number of nitrogens with zero attached hydrogens (tertiary/aromatic N) is 2. The smallest absolute Gasteiger partial charge is 0.322 e. The van der Waals surface area contributed by atoms with Crippen LogP contribution in [0.5, 0.6) is 0 Å². The van der Waals surface area contributed by atoms with Gasteiger partial charge < -0.3 is 15.7 Å². The lowest BCUT2D eigenvalue weighted by Crippen LogP contribution is -2.36. The molecule has 0 bridgehead atoms. The normalized spacial score (nSPS) is 10.9. The molecule has 0 saturated carbocycles. The van der Waals surface area contributed by atoms with Gasteiger partial charge in [0.25, 0.3) is 0 Å². The van der Waals surface area contributed by atoms with Crippen molar-refractivity contribution in [3.63, 3.8) is 0 Å². The second kappa shape index (κ2) is 6.02. The summed E-state index contributed by atoms with van der Waals surface area (Å²) in [6.07, 6.45) is 0. The molecule has 0 spiro atoms. The van der Waals surface area contributed by atoms with Crippen LogP contribution in [-0.2, 0) is 16.1 Å². The molecule has 8 heteroatoms. The number of nitrogens with one attached hydrogen (secondary N) is 2. The maximum atomic E-state index is 11.4. The Balaban J connectivity index is 1.93. The lowest BCUT2D eigenvalue weighted by Gasteiger charge is -2.06. The molecule has 2 aromatic rings. The van der Waals surface area contributed by atoms with Crippen LogP contribution in [0.3, 0.4) is 0 Å². The van der Waals surface area contributed by atoms with E-state index < -0.39 is 5.97 Å². The van der Waals surface area contributed by atoms with Gasteiger partial charge in [0.15, 0.2) is 4.96 Å². The van der Waals surface area contributed by atoms with Crippen LogP contribution in [0.25, 0.3) is 4.96 Å². The predicted molar refractivity (Wildman–Crippen MR) is 74.9 cm³/mol. The molecule has 2 rings (SSSR count). The number of hydrogen-bond acceptors (Lipinski definition) is 5. The number of carbonyl (C=O) groups excluding carboxylic acids is 1. The number of hydrogen-bond donors (Lipinski definition) is 3. The summed E-state index contributed by atoms with van der Waals surface area (Å²) >= 11 is 1.58. The van der Waals surface area contributed by atoms with Gasteiger partial charge in [-0.15, -0.1) is 11.3 Å². The highest BCUT2D eigenvalue weighted by molar-refractivity contribution is 7.15. The Morgan fingerprint density at radius 3 is 2.85 bits per heavy atom. The van der Waals surface area contributed by atoms with E-state index in [4.69, 9.17) is 5.11 Å². The average Bonchev–Trinajstić information content (AvgIpc) is 2.88. The molecule has 7 nitrogen and oxygen atoms in total. The fraction of sp³-hybridized carbons (Fsp3) is 0.417. The van der Waals surface area contributed by atoms with E-state index in [1.54, 1.807) is 11.3 Å². The summed E-state index contributed by atoms with van der Waals surface area (Å²) in [5.41, 5.74) is 3.06. The van der Waals surface area contributed by atoms with Gasteiger partial charge in [-0.25, -0.2) is 4.98 Å². The van der Waals surface area contributed by atoms with Gasteiger partial charge in [-0.1, -0.05) is 0 Å². The Morgan fingerprint density at radius 1 is 1.40 bits per heavy atom. The Morgan fingerprint density at radius 2 is 2.15 bits per heavy atom. The topological polar surface area (TPSA) is 95.7 Å². The lowest BCUT2D eigenvalue weighted by atomic mass is 10.3. The van der Waals surface area contributed by atoms with Crippen molar-refractivity contribution in [2.24, 2.45) is 0 Å². The molecule has 0 fully saturated rings. The van der Waals surface area contributed by atoms with Gasteiger partial charge in [0.1, 0.15) is 6.54 Å². The molecular weight excluding hydrogens is 280 g/mol. The van der Waals surface area contributed by atoms with Crippen LogP contribution >= 0.6 is 11.3 Å². The first-order valence-electron chi connectivity index (χ1n) is 6.10. The van der Waals surface area contributed by atoms with Crippen molar-refractivity contribution >= 4 is 28.2 Å². The van der Waals surface area contributed by atoms with Crippen molar-refractivity contribution in [2.45, 2.75) is 20.4 Å². The van der Waals surface area contributed by atoms with Crippen molar-refractivity contribution in [3.8, 4) is 0 Å². The fourth-order valence-corrected chi connectivity index (χ4v) is 2.84. The van der Waals surface area contributed by atoms with Gasteiger partial charge in [-0.2, -0.15) is 0 Å². The van der Waals surface area contributed by atoms with E-state index in [1.807, 2.05) is 19.2 Å². The number of carbonyl (C=O) groups is 2. The highest BCUT2D eigenvalue weighted by Gasteiger charge is 2.12. The molecule has 108 valence electrons. The van der Waals surface area contributed by atoms with Gasteiger partial charge in [-0.05, 0) is 13.8 Å². The lowest BCUT2D eigenvalue weighted by molar-refractivity contribution is -0.137. The second-order valence-electron chi connectivity index (χ2n) is 4.41. The van der Waals surface area contributed by atoms with Crippen molar-refractivity contribution in [2.75, 3.05) is 13.1 Å². The highest BCUT2D eigenvalue weighted by Crippen LogP contribution is 2.20. The first kappa shape index (κ1) is 14.5. The zero-order valence-electron chi connectivity index (χ0n) is 11.3. The largest absolute Gasteiger partial charge is 0.480 e. The summed E-state index contributed by atoms with van der Waals surface area (Å²) in [6.45, 7) is 4.16. The first-order valence-corrected chi connectivity index (χ1v) is 6.98. The molecule has 0 saturated heterocycles. The third kappa shape index (κ3) is 3.14. The van der Waals surface area contributed by atoms with Gasteiger partial charge in [-0.3, -0.25) is 14.0 Å². The van der Waals surface area contributed by atoms with E-state index in [2.05, 4.69) is 20.0 Å². The molecule has 2 aromatic heterocycles. The quantitative estimate of drug-likeness (QED) is 0.712. The third-order valence-electron chi connectivity index (χ3n) is 2.84. The van der Waals surface area contributed by atoms with E-state index in [-0.39, 0.29) is 19.0 Å². The number of aryl methyl sites for hydroxylation is 2. The van der Waals surface area contributed by atoms with Crippen LogP contribution in [0.1, 0.15) is 17.1 Å². The predicted octanol–water partition coefficient (Wildman–Crippen LogP) is 0.303. The summed E-state index contributed by atoms with van der Waals surface area (Å²) in [5.74, 6) is -1.39. The number of carboxylic acids is 1. The number of carboxylic acid groups (broad SMARTS) is 1. The average molecular weight is 296 g/mol. The zero-order chi connectivity index (χ0) is 14.7. The van der Waals surface area contributed by atoms with Crippen LogP contribution in [0.2, 0.25) is 0 Å². The molecule has 0 aliphatic heterocycles. The van der Waals surface area contributed by atoms with Crippen molar-refractivity contribution in [1.29, 1.82) is 0 Å². The highest BCUT2D eigenvalue weighted by atomic mass is 32.1. The summed E-state index contributed by atoms with van der Waals surface area (Å²) in [7, 11) is 0. The fourth-order valence-electron chi connectivity index (χ4n) is 1.91. The third-order valence-corrected chi connectivity index (χ3v) is 3.79. The zero-order valence-corrected chi connectivity index (χ0v) is 12.1. The number of rotatable bonds is 6. The minimum absolute atomic E-state index is 0.0726. The summed E-state index contributed by atoms with van der Waals surface area (Å²) < 4.78 is 2.06. The van der Waals surface area contributed by atoms with Crippen LogP contribution in [0, 0.1) is 13.8 Å². The van der Waals surface area contributed by atoms with E-state index in [9.17, 15) is 9.59 Å². The van der Waals surface area contributed by atoms with Crippen LogP contribution in [-0.4, -0.2) is 39.5 Å². The molecule has 2 heterocycles. The van der Waals surface area contributed by atoms with Gasteiger partial charge in [0.2, 0.25) is 5.91 Å². The summed E-state index contributed by atoms with van der Waals surface area (Å²) in [4.78, 5) is 27.1. The molecule has 3 N–H and O–H groups in total. The number of fused-ring (bicyclic) bond motifs is 1.